The highest BCUT2D eigenvalue weighted by molar-refractivity contribution is 5.97. The van der Waals surface area contributed by atoms with Crippen molar-refractivity contribution in [3.05, 3.63) is 35.9 Å². The Morgan fingerprint density at radius 3 is 2.39 bits per heavy atom. The monoisotopic (exact) mass is 245 g/mol. The first-order valence-corrected chi connectivity index (χ1v) is 7.26. The van der Waals surface area contributed by atoms with Gasteiger partial charge in [0.05, 0.1) is 0 Å². The summed E-state index contributed by atoms with van der Waals surface area (Å²) in [4.78, 5) is 12.1. The quantitative estimate of drug-likeness (QED) is 0.439. The molecule has 0 aliphatic heterocycles. The highest BCUT2D eigenvalue weighted by atomic mass is 16.1. The molecule has 0 aliphatic carbocycles. The van der Waals surface area contributed by atoms with Gasteiger partial charge in [-0.15, -0.1) is 0 Å². The first-order chi connectivity index (χ1) is 8.75. The molecule has 18 heavy (non-hydrogen) atoms. The van der Waals surface area contributed by atoms with E-state index in [-0.39, 0.29) is 11.7 Å². The van der Waals surface area contributed by atoms with E-state index in [0.29, 0.717) is 0 Å². The molecule has 1 rings (SSSR count). The van der Waals surface area contributed by atoms with Crippen LogP contribution >= 0.6 is 0 Å². The highest BCUT2D eigenvalue weighted by Gasteiger charge is 2.13. The minimum atomic E-state index is 0.151. The van der Waals surface area contributed by atoms with Gasteiger partial charge in [-0.25, -0.2) is 0 Å². The van der Waals surface area contributed by atoms with Gasteiger partial charge in [0.1, 0.15) is 0 Å². The third kappa shape index (κ3) is 5.48. The fourth-order valence-corrected chi connectivity index (χ4v) is 2.20. The van der Waals surface area contributed by atoms with Crippen LogP contribution in [-0.2, 0) is 0 Å². The van der Waals surface area contributed by atoms with Crippen molar-refractivity contribution < 1.29 is 4.79 Å². The molecule has 0 saturated carbocycles. The summed E-state index contributed by atoms with van der Waals surface area (Å²) in [5.74, 6) is 0.427. The van der Waals surface area contributed by atoms with Gasteiger partial charge in [-0.1, -0.05) is 76.6 Å². The Balaban J connectivity index is 2.20. The smallest absolute Gasteiger partial charge is 0.165 e. The van der Waals surface area contributed by atoms with E-state index in [9.17, 15) is 4.79 Å². The van der Waals surface area contributed by atoms with Crippen molar-refractivity contribution in [3.8, 4) is 0 Å². The predicted molar refractivity (Wildman–Crippen MR) is 76.8 cm³/mol. The second-order valence-electron chi connectivity index (χ2n) is 5.11. The summed E-state index contributed by atoms with van der Waals surface area (Å²) in [7, 11) is 0. The van der Waals surface area contributed by atoms with Crippen molar-refractivity contribution in [3.63, 3.8) is 0 Å². The Morgan fingerprint density at radius 1 is 1.11 bits per heavy atom. The van der Waals surface area contributed by atoms with Gasteiger partial charge in [0, 0.05) is 11.5 Å². The average molecular weight is 245 g/mol. The molecule has 1 atom stereocenters. The van der Waals surface area contributed by atoms with Crippen LogP contribution in [0.2, 0.25) is 0 Å². The number of Topliss-reactive ketones (excluding diaryl/α,β-unsaturated/α-hetero) is 1. The van der Waals surface area contributed by atoms with E-state index >= 15 is 0 Å². The third-order valence-electron chi connectivity index (χ3n) is 3.44. The van der Waals surface area contributed by atoms with Crippen molar-refractivity contribution >= 4 is 5.78 Å². The summed E-state index contributed by atoms with van der Waals surface area (Å²) in [6, 6.07) is 10.3. The maximum absolute atomic E-state index is 12.1. The van der Waals surface area contributed by atoms with Crippen molar-refractivity contribution in [2.75, 3.05) is 0 Å². The van der Waals surface area contributed by atoms with E-state index in [0.717, 1.165) is 12.0 Å². The van der Waals surface area contributed by atoms with Gasteiger partial charge in [0.15, 0.2) is 5.78 Å². The van der Waals surface area contributed by atoms with E-state index in [1.54, 1.807) is 0 Å². The Labute approximate surface area is 112 Å². The number of unbranched alkanes of at least 4 members (excludes halogenated alkanes) is 5. The lowest BCUT2D eigenvalue weighted by atomic mass is 9.94. The maximum atomic E-state index is 12.1. The fraction of sp³-hybridized carbons (Fsp3) is 0.588. The van der Waals surface area contributed by atoms with Crippen LogP contribution in [0.3, 0.4) is 0 Å². The molecule has 1 heteroatoms. The number of carbonyl (C=O) groups is 1. The molecule has 1 radical (unpaired) electrons. The van der Waals surface area contributed by atoms with Crippen molar-refractivity contribution in [1.29, 1.82) is 0 Å². The number of hydrogen-bond acceptors (Lipinski definition) is 1. The predicted octanol–water partition coefficient (Wildman–Crippen LogP) is 5.06. The Bertz CT molecular complexity index is 329. The van der Waals surface area contributed by atoms with Crippen molar-refractivity contribution in [1.82, 2.24) is 0 Å². The van der Waals surface area contributed by atoms with Gasteiger partial charge in [-0.3, -0.25) is 4.79 Å². The molecule has 0 bridgehead atoms. The average Bonchev–Trinajstić information content (AvgIpc) is 2.42. The van der Waals surface area contributed by atoms with Crippen LogP contribution in [0.4, 0.5) is 0 Å². The zero-order valence-electron chi connectivity index (χ0n) is 11.7. The number of rotatable bonds is 9. The number of carbonyl (C=O) groups excluding carboxylic acids is 1. The van der Waals surface area contributed by atoms with Crippen molar-refractivity contribution in [2.45, 2.75) is 58.8 Å². The molecule has 0 heterocycles. The molecule has 1 aromatic carbocycles. The zero-order valence-corrected chi connectivity index (χ0v) is 11.7. The van der Waals surface area contributed by atoms with Crippen LogP contribution < -0.4 is 0 Å². The van der Waals surface area contributed by atoms with E-state index < -0.39 is 0 Å². The largest absolute Gasteiger partial charge is 0.294 e. The van der Waals surface area contributed by atoms with Gasteiger partial charge < -0.3 is 0 Å². The molecule has 0 spiro atoms. The fourth-order valence-electron chi connectivity index (χ4n) is 2.20. The van der Waals surface area contributed by atoms with Gasteiger partial charge >= 0.3 is 0 Å². The Kier molecular flexibility index (Phi) is 7.40. The third-order valence-corrected chi connectivity index (χ3v) is 3.44. The second-order valence-corrected chi connectivity index (χ2v) is 5.11. The molecule has 0 amide bonds. The van der Waals surface area contributed by atoms with Crippen LogP contribution in [0.25, 0.3) is 0 Å². The van der Waals surface area contributed by atoms with Crippen LogP contribution in [0.1, 0.15) is 69.2 Å². The van der Waals surface area contributed by atoms with E-state index in [4.69, 9.17) is 0 Å². The Hall–Kier alpha value is -1.11. The summed E-state index contributed by atoms with van der Waals surface area (Å²) in [5.41, 5.74) is 0.826. The molecule has 0 fully saturated rings. The minimum absolute atomic E-state index is 0.151. The van der Waals surface area contributed by atoms with Gasteiger partial charge in [-0.2, -0.15) is 0 Å². The molecule has 1 unspecified atom stereocenters. The van der Waals surface area contributed by atoms with Crippen molar-refractivity contribution in [2.24, 2.45) is 5.92 Å². The molecule has 0 saturated heterocycles. The van der Waals surface area contributed by atoms with Gasteiger partial charge in [0.2, 0.25) is 0 Å². The molecule has 0 aliphatic rings. The molecular weight excluding hydrogens is 220 g/mol. The summed E-state index contributed by atoms with van der Waals surface area (Å²) in [5, 5.41) is 0. The zero-order chi connectivity index (χ0) is 13.2. The first kappa shape index (κ1) is 14.9. The SMILES string of the molecule is CCCCCCCCC(C)C(=O)c1cc[c]cc1. The Morgan fingerprint density at radius 2 is 1.72 bits per heavy atom. The highest BCUT2D eigenvalue weighted by Crippen LogP contribution is 2.16. The lowest BCUT2D eigenvalue weighted by Crippen LogP contribution is -2.11. The van der Waals surface area contributed by atoms with Crippen LogP contribution in [-0.4, -0.2) is 5.78 Å². The van der Waals surface area contributed by atoms with Crippen LogP contribution in [0, 0.1) is 12.0 Å². The first-order valence-electron chi connectivity index (χ1n) is 7.26. The summed E-state index contributed by atoms with van der Waals surface area (Å²) >= 11 is 0. The number of hydrogen-bond donors (Lipinski definition) is 0. The lowest BCUT2D eigenvalue weighted by molar-refractivity contribution is 0.0922. The topological polar surface area (TPSA) is 17.1 Å². The molecule has 99 valence electrons. The normalized spacial score (nSPS) is 12.3. The summed E-state index contributed by atoms with van der Waals surface area (Å²) in [6.45, 7) is 4.28. The van der Waals surface area contributed by atoms with Gasteiger partial charge in [0.25, 0.3) is 0 Å². The maximum Gasteiger partial charge on any atom is 0.165 e. The lowest BCUT2D eigenvalue weighted by Gasteiger charge is -2.10. The van der Waals surface area contributed by atoms with Gasteiger partial charge in [-0.05, 0) is 12.5 Å². The molecular formula is C17H25O. The minimum Gasteiger partial charge on any atom is -0.294 e. The molecule has 0 aromatic heterocycles. The van der Waals surface area contributed by atoms with Crippen LogP contribution in [0.15, 0.2) is 24.3 Å². The standard InChI is InChI=1S/C17H25O/c1-3-4-5-6-7-9-12-15(2)17(18)16-13-10-8-11-14-16/h10-11,13-15H,3-7,9,12H2,1-2H3. The molecule has 0 N–H and O–H groups in total. The molecule has 1 nitrogen and oxygen atoms in total. The summed E-state index contributed by atoms with van der Waals surface area (Å²) in [6.07, 6.45) is 8.75. The summed E-state index contributed by atoms with van der Waals surface area (Å²) < 4.78 is 0. The van der Waals surface area contributed by atoms with E-state index in [1.165, 1.54) is 38.5 Å². The second kappa shape index (κ2) is 8.91. The van der Waals surface area contributed by atoms with E-state index in [1.807, 2.05) is 31.2 Å². The van der Waals surface area contributed by atoms with Crippen LogP contribution in [0.5, 0.6) is 0 Å². The molecule has 1 aromatic rings. The van der Waals surface area contributed by atoms with E-state index in [2.05, 4.69) is 13.0 Å². The number of benzene rings is 1. The number of ketones is 1.